The van der Waals surface area contributed by atoms with Gasteiger partial charge in [0.25, 0.3) is 0 Å². The van der Waals surface area contributed by atoms with Crippen LogP contribution in [0.15, 0.2) is 65.8 Å². The number of hydrogen-bond donors (Lipinski definition) is 2. The van der Waals surface area contributed by atoms with E-state index >= 15 is 0 Å². The number of ether oxygens (including phenoxy) is 1. The molecule has 0 aliphatic carbocycles. The second kappa shape index (κ2) is 23.0. The zero-order valence-corrected chi connectivity index (χ0v) is 19.1. The first-order valence-corrected chi connectivity index (χ1v) is 8.71. The van der Waals surface area contributed by atoms with E-state index in [4.69, 9.17) is 18.7 Å². The van der Waals surface area contributed by atoms with Crippen molar-refractivity contribution in [3.05, 3.63) is 91.8 Å². The molecule has 2 N–H and O–H groups in total. The zero-order chi connectivity index (χ0) is 24.8. The van der Waals surface area contributed by atoms with Crippen LogP contribution in [0.25, 0.3) is 6.08 Å². The number of hydrazone groups is 1. The minimum absolute atomic E-state index is 0. The van der Waals surface area contributed by atoms with Crippen LogP contribution in [-0.4, -0.2) is 25.1 Å². The van der Waals surface area contributed by atoms with E-state index < -0.39 is 11.8 Å². The van der Waals surface area contributed by atoms with Crippen LogP contribution in [0.4, 0.5) is 0 Å². The number of para-hydroxylation sites is 1. The number of nitrogens with zero attached hydrogens (tertiary/aromatic N) is 1. The largest absolute Gasteiger partial charge is 0 e. The molecule has 33 heavy (non-hydrogen) atoms. The fourth-order valence-corrected chi connectivity index (χ4v) is 2.23. The van der Waals surface area contributed by atoms with Gasteiger partial charge in [0.1, 0.15) is 5.75 Å². The number of methoxy groups -OCH3 is 1. The monoisotopic (exact) mass is 487 g/mol. The summed E-state index contributed by atoms with van der Waals surface area (Å²) < 4.78 is 27.7. The number of allylic oxidation sites excluding steroid dienone is 1. The van der Waals surface area contributed by atoms with Gasteiger partial charge >= 0.3 is 45.7 Å². The third-order valence-electron chi connectivity index (χ3n) is 3.59. The first-order valence-electron chi connectivity index (χ1n) is 8.71. The Labute approximate surface area is 203 Å². The Morgan fingerprint density at radius 1 is 0.939 bits per heavy atom. The van der Waals surface area contributed by atoms with Crippen LogP contribution in [0, 0.1) is 20.0 Å². The zero-order valence-electron chi connectivity index (χ0n) is 17.8. The summed E-state index contributed by atoms with van der Waals surface area (Å²) in [5.41, 5.74) is 3.98. The third-order valence-corrected chi connectivity index (χ3v) is 3.59. The van der Waals surface area contributed by atoms with Crippen molar-refractivity contribution in [2.24, 2.45) is 5.10 Å². The van der Waals surface area contributed by atoms with Gasteiger partial charge in [-0.15, -0.1) is 0 Å². The van der Waals surface area contributed by atoms with Crippen molar-refractivity contribution < 1.29 is 45.6 Å². The Morgan fingerprint density at radius 2 is 1.48 bits per heavy atom. The third kappa shape index (κ3) is 14.1. The molecule has 0 saturated carbocycles. The summed E-state index contributed by atoms with van der Waals surface area (Å²) in [6.45, 7) is 15.3. The molecule has 0 fully saturated rings. The van der Waals surface area contributed by atoms with Crippen LogP contribution in [0.2, 0.25) is 0 Å². The fraction of sp³-hybridized carbons (Fsp3) is 0.130. The molecule has 0 saturated heterocycles. The van der Waals surface area contributed by atoms with Crippen molar-refractivity contribution in [3.63, 3.8) is 0 Å². The Balaban J connectivity index is -0.00000119. The van der Waals surface area contributed by atoms with Crippen LogP contribution < -0.4 is 15.5 Å². The molecule has 1 unspecified atom stereocenters. The van der Waals surface area contributed by atoms with E-state index in [9.17, 15) is 9.59 Å². The molecule has 0 aliphatic heterocycles. The molecular weight excluding hydrogens is 466 g/mol. The number of carbonyl (C=O) groups is 2. The van der Waals surface area contributed by atoms with Gasteiger partial charge in [-0.1, -0.05) is 48.5 Å². The van der Waals surface area contributed by atoms with E-state index in [1.54, 1.807) is 26.2 Å². The van der Waals surface area contributed by atoms with Crippen LogP contribution in [-0.2, 0) is 40.9 Å². The smallest absolute Gasteiger partial charge is 0 e. The maximum absolute atomic E-state index is 11.9. The first kappa shape index (κ1) is 34.0. The molecule has 0 aliphatic rings. The normalized spacial score (nSPS) is 9.70. The topological polar surface area (TPSA) is 139 Å². The summed E-state index contributed by atoms with van der Waals surface area (Å²) in [7, 11) is 1.59. The SMILES string of the molecule is COc1ccccc1/C=C/C=N/NC(=O)C(=O)NC(C)c1ccccc1.[C-]#[O+].[C-]#[O+].[C-]#[O+].[Cr]. The maximum Gasteiger partial charge on any atom is 0 e. The van der Waals surface area contributed by atoms with Gasteiger partial charge in [0.05, 0.1) is 13.2 Å². The molecule has 170 valence electrons. The van der Waals surface area contributed by atoms with Crippen molar-refractivity contribution >= 4 is 24.1 Å². The molecule has 10 heteroatoms. The summed E-state index contributed by atoms with van der Waals surface area (Å²) in [6.07, 6.45) is 4.81. The Kier molecular flexibility index (Phi) is 23.7. The molecule has 2 aromatic rings. The van der Waals surface area contributed by atoms with Crippen molar-refractivity contribution in [2.45, 2.75) is 13.0 Å². The van der Waals surface area contributed by atoms with Gasteiger partial charge in [0.2, 0.25) is 0 Å². The van der Waals surface area contributed by atoms with Crippen LogP contribution in [0.1, 0.15) is 24.1 Å². The molecule has 2 rings (SSSR count). The average Bonchev–Trinajstić information content (AvgIpc) is 2.88. The quantitative estimate of drug-likeness (QED) is 0.213. The number of hydrogen-bond acceptors (Lipinski definition) is 4. The number of carbonyl (C=O) groups excluding carboxylic acids is 2. The van der Waals surface area contributed by atoms with Gasteiger partial charge in [-0.05, 0) is 30.7 Å². The molecule has 0 heterocycles. The molecule has 0 bridgehead atoms. The first-order chi connectivity index (χ1) is 15.6. The fourth-order valence-electron chi connectivity index (χ4n) is 2.23. The number of rotatable bonds is 6. The standard InChI is InChI=1S/C20H21N3O3.3CO.Cr/c1-15(16-9-4-3-5-10-16)22-19(24)20(25)23-21-14-8-12-17-11-6-7-13-18(17)26-2;3*1-2;/h3-15H,1-2H3,(H,22,24)(H,23,25);;;;/b12-8+,21-14+;;;;. The van der Waals surface area contributed by atoms with Gasteiger partial charge in [-0.3, -0.25) is 9.59 Å². The Hall–Kier alpha value is -3.66. The number of benzene rings is 2. The van der Waals surface area contributed by atoms with E-state index in [0.717, 1.165) is 16.9 Å². The maximum atomic E-state index is 11.9. The average molecular weight is 487 g/mol. The molecule has 1 atom stereocenters. The Bertz CT molecular complexity index is 926. The molecule has 2 aromatic carbocycles. The Morgan fingerprint density at radius 3 is 2.06 bits per heavy atom. The number of amides is 2. The van der Waals surface area contributed by atoms with Crippen molar-refractivity contribution in [3.8, 4) is 5.75 Å². The predicted molar refractivity (Wildman–Crippen MR) is 113 cm³/mol. The van der Waals surface area contributed by atoms with Crippen LogP contribution in [0.5, 0.6) is 5.75 Å². The minimum atomic E-state index is -0.824. The minimum Gasteiger partial charge on any atom is 0 e. The van der Waals surface area contributed by atoms with Gasteiger partial charge in [-0.25, -0.2) is 5.43 Å². The van der Waals surface area contributed by atoms with E-state index in [1.165, 1.54) is 6.21 Å². The van der Waals surface area contributed by atoms with Gasteiger partial charge < -0.3 is 10.1 Å². The van der Waals surface area contributed by atoms with Crippen molar-refractivity contribution in [1.82, 2.24) is 10.7 Å². The summed E-state index contributed by atoms with van der Waals surface area (Å²) in [4.78, 5) is 23.6. The molecular formula is C23H21CrN3O6. The van der Waals surface area contributed by atoms with E-state index in [1.807, 2.05) is 54.6 Å². The van der Waals surface area contributed by atoms with Gasteiger partial charge in [-0.2, -0.15) is 5.10 Å². The summed E-state index contributed by atoms with van der Waals surface area (Å²) in [6, 6.07) is 16.6. The van der Waals surface area contributed by atoms with Crippen LogP contribution in [0.3, 0.4) is 0 Å². The van der Waals surface area contributed by atoms with E-state index in [0.29, 0.717) is 0 Å². The van der Waals surface area contributed by atoms with Gasteiger partial charge in [0, 0.05) is 29.1 Å². The van der Waals surface area contributed by atoms with E-state index in [-0.39, 0.29) is 23.4 Å². The summed E-state index contributed by atoms with van der Waals surface area (Å²) in [5.74, 6) is -0.836. The molecule has 2 amide bonds. The second-order valence-electron chi connectivity index (χ2n) is 5.43. The summed E-state index contributed by atoms with van der Waals surface area (Å²) >= 11 is 0. The predicted octanol–water partition coefficient (Wildman–Crippen LogP) is 2.57. The van der Waals surface area contributed by atoms with Crippen LogP contribution >= 0.6 is 0 Å². The molecule has 0 radical (unpaired) electrons. The van der Waals surface area contributed by atoms with E-state index in [2.05, 4.69) is 35.8 Å². The van der Waals surface area contributed by atoms with Gasteiger partial charge in [0.15, 0.2) is 0 Å². The molecule has 9 nitrogen and oxygen atoms in total. The second-order valence-corrected chi connectivity index (χ2v) is 5.43. The molecule has 0 aromatic heterocycles. The number of nitrogens with one attached hydrogen (secondary N) is 2. The van der Waals surface area contributed by atoms with Crippen molar-refractivity contribution in [2.75, 3.05) is 7.11 Å². The van der Waals surface area contributed by atoms with Crippen molar-refractivity contribution in [1.29, 1.82) is 0 Å². The molecule has 0 spiro atoms. The summed E-state index contributed by atoms with van der Waals surface area (Å²) in [5, 5.41) is 6.35.